The van der Waals surface area contributed by atoms with Crippen LogP contribution in [0.25, 0.3) is 0 Å². The maximum atomic E-state index is 13.9. The Kier molecular flexibility index (Phi) is 3.63. The zero-order valence-electron chi connectivity index (χ0n) is 9.08. The molecule has 0 aromatic heterocycles. The minimum atomic E-state index is -0.691. The van der Waals surface area contributed by atoms with Crippen molar-refractivity contribution in [3.63, 3.8) is 0 Å². The Morgan fingerprint density at radius 3 is 2.44 bits per heavy atom. The van der Waals surface area contributed by atoms with Gasteiger partial charge in [-0.15, -0.1) is 0 Å². The fourth-order valence-corrected chi connectivity index (χ4v) is 2.53. The van der Waals surface area contributed by atoms with E-state index in [4.69, 9.17) is 23.1 Å². The first-order valence-electron chi connectivity index (χ1n) is 4.95. The van der Waals surface area contributed by atoms with Crippen molar-refractivity contribution < 1.29 is 8.78 Å². The molecule has 0 aliphatic rings. The van der Waals surface area contributed by atoms with E-state index in [1.54, 1.807) is 6.07 Å². The summed E-state index contributed by atoms with van der Waals surface area (Å²) in [4.78, 5) is 0.668. The summed E-state index contributed by atoms with van der Waals surface area (Å²) in [5, 5.41) is -0.178. The second-order valence-electron chi connectivity index (χ2n) is 3.57. The standard InChI is InChI=1S/C12H9ClF2N2S/c13-10-8(16)5-9(17)12(11(10)15)18-7-3-1-2-6(14)4-7/h1-5H,16-17H2. The molecule has 2 aromatic rings. The third kappa shape index (κ3) is 2.52. The second kappa shape index (κ2) is 5.04. The number of hydrogen-bond donors (Lipinski definition) is 2. The number of hydrogen-bond acceptors (Lipinski definition) is 3. The molecule has 4 N–H and O–H groups in total. The van der Waals surface area contributed by atoms with E-state index < -0.39 is 11.6 Å². The zero-order chi connectivity index (χ0) is 13.3. The Labute approximate surface area is 112 Å². The van der Waals surface area contributed by atoms with Gasteiger partial charge in [0.2, 0.25) is 0 Å². The summed E-state index contributed by atoms with van der Waals surface area (Å²) in [6.45, 7) is 0. The van der Waals surface area contributed by atoms with E-state index in [9.17, 15) is 8.78 Å². The average molecular weight is 287 g/mol. The van der Waals surface area contributed by atoms with E-state index in [2.05, 4.69) is 0 Å². The van der Waals surface area contributed by atoms with Crippen LogP contribution in [0, 0.1) is 11.6 Å². The molecule has 0 aliphatic carbocycles. The quantitative estimate of drug-likeness (QED) is 0.822. The van der Waals surface area contributed by atoms with E-state index in [0.717, 1.165) is 11.8 Å². The van der Waals surface area contributed by atoms with Crippen LogP contribution in [0.2, 0.25) is 5.02 Å². The lowest BCUT2D eigenvalue weighted by molar-refractivity contribution is 0.604. The smallest absolute Gasteiger partial charge is 0.159 e. The molecule has 0 bridgehead atoms. The third-order valence-electron chi connectivity index (χ3n) is 2.23. The van der Waals surface area contributed by atoms with Gasteiger partial charge in [0.15, 0.2) is 5.82 Å². The van der Waals surface area contributed by atoms with Gasteiger partial charge in [-0.3, -0.25) is 0 Å². The molecule has 2 rings (SSSR count). The topological polar surface area (TPSA) is 52.0 Å². The third-order valence-corrected chi connectivity index (χ3v) is 3.73. The minimum Gasteiger partial charge on any atom is -0.398 e. The van der Waals surface area contributed by atoms with Gasteiger partial charge in [-0.1, -0.05) is 29.4 Å². The molecular weight excluding hydrogens is 278 g/mol. The van der Waals surface area contributed by atoms with Crippen molar-refractivity contribution in [3.05, 3.63) is 47.0 Å². The van der Waals surface area contributed by atoms with E-state index in [0.29, 0.717) is 4.90 Å². The molecule has 0 saturated heterocycles. The van der Waals surface area contributed by atoms with E-state index >= 15 is 0 Å². The highest BCUT2D eigenvalue weighted by molar-refractivity contribution is 7.99. The summed E-state index contributed by atoms with van der Waals surface area (Å²) in [7, 11) is 0. The Bertz CT molecular complexity index is 605. The van der Waals surface area contributed by atoms with Crippen LogP contribution in [0.5, 0.6) is 0 Å². The highest BCUT2D eigenvalue weighted by Gasteiger charge is 2.15. The summed E-state index contributed by atoms with van der Waals surface area (Å²) in [5.41, 5.74) is 11.4. The average Bonchev–Trinajstić information content (AvgIpc) is 2.32. The first kappa shape index (κ1) is 13.0. The van der Waals surface area contributed by atoms with Crippen LogP contribution >= 0.6 is 23.4 Å². The number of halogens is 3. The summed E-state index contributed by atoms with van der Waals surface area (Å²) >= 11 is 6.71. The zero-order valence-corrected chi connectivity index (χ0v) is 10.7. The molecule has 0 fully saturated rings. The first-order valence-corrected chi connectivity index (χ1v) is 6.15. The fraction of sp³-hybridized carbons (Fsp3) is 0. The molecule has 94 valence electrons. The van der Waals surface area contributed by atoms with E-state index in [-0.39, 0.29) is 21.3 Å². The van der Waals surface area contributed by atoms with Crippen LogP contribution < -0.4 is 11.5 Å². The maximum absolute atomic E-state index is 13.9. The molecule has 18 heavy (non-hydrogen) atoms. The van der Waals surface area contributed by atoms with Crippen molar-refractivity contribution in [3.8, 4) is 0 Å². The molecule has 2 aromatic carbocycles. The highest BCUT2D eigenvalue weighted by atomic mass is 35.5. The molecule has 0 amide bonds. The Balaban J connectivity index is 2.44. The van der Waals surface area contributed by atoms with Crippen LogP contribution in [-0.4, -0.2) is 0 Å². The second-order valence-corrected chi connectivity index (χ2v) is 5.03. The molecule has 6 heteroatoms. The van der Waals surface area contributed by atoms with Gasteiger partial charge in [-0.05, 0) is 24.3 Å². The Morgan fingerprint density at radius 2 is 1.78 bits per heavy atom. The maximum Gasteiger partial charge on any atom is 0.159 e. The van der Waals surface area contributed by atoms with Gasteiger partial charge in [-0.25, -0.2) is 8.78 Å². The summed E-state index contributed by atoms with van der Waals surface area (Å²) in [6.07, 6.45) is 0. The molecule has 0 atom stereocenters. The molecule has 2 nitrogen and oxygen atoms in total. The van der Waals surface area contributed by atoms with Crippen molar-refractivity contribution in [1.29, 1.82) is 0 Å². The van der Waals surface area contributed by atoms with Crippen molar-refractivity contribution in [1.82, 2.24) is 0 Å². The fourth-order valence-electron chi connectivity index (χ4n) is 1.40. The molecule has 0 aliphatic heterocycles. The van der Waals surface area contributed by atoms with Crippen molar-refractivity contribution in [2.45, 2.75) is 9.79 Å². The lowest BCUT2D eigenvalue weighted by Crippen LogP contribution is -1.98. The molecule has 0 radical (unpaired) electrons. The molecule has 0 unspecified atom stereocenters. The van der Waals surface area contributed by atoms with Gasteiger partial charge in [0.25, 0.3) is 0 Å². The number of benzene rings is 2. The van der Waals surface area contributed by atoms with Crippen molar-refractivity contribution >= 4 is 34.7 Å². The summed E-state index contributed by atoms with van der Waals surface area (Å²) < 4.78 is 26.9. The number of nitrogens with two attached hydrogens (primary N) is 2. The Hall–Kier alpha value is -1.46. The normalized spacial score (nSPS) is 10.6. The minimum absolute atomic E-state index is 0.0789. The largest absolute Gasteiger partial charge is 0.398 e. The predicted molar refractivity (Wildman–Crippen MR) is 70.8 cm³/mol. The monoisotopic (exact) mass is 286 g/mol. The van der Waals surface area contributed by atoms with Crippen LogP contribution in [0.3, 0.4) is 0 Å². The highest BCUT2D eigenvalue weighted by Crippen LogP contribution is 2.39. The van der Waals surface area contributed by atoms with Crippen LogP contribution in [0.1, 0.15) is 0 Å². The Morgan fingerprint density at radius 1 is 1.06 bits per heavy atom. The SMILES string of the molecule is Nc1cc(N)c(Sc2cccc(F)c2)c(F)c1Cl. The molecule has 0 saturated carbocycles. The summed E-state index contributed by atoms with van der Waals surface area (Å²) in [6, 6.07) is 7.15. The number of anilines is 2. The molecule has 0 spiro atoms. The van der Waals surface area contributed by atoms with Gasteiger partial charge in [-0.2, -0.15) is 0 Å². The van der Waals surface area contributed by atoms with E-state index in [1.807, 2.05) is 0 Å². The lowest BCUT2D eigenvalue weighted by Gasteiger charge is -2.10. The molecular formula is C12H9ClF2N2S. The van der Waals surface area contributed by atoms with Gasteiger partial charge in [0, 0.05) is 4.90 Å². The van der Waals surface area contributed by atoms with Gasteiger partial charge in [0.05, 0.1) is 16.3 Å². The number of nitrogen functional groups attached to an aromatic ring is 2. The van der Waals surface area contributed by atoms with Crippen LogP contribution in [-0.2, 0) is 0 Å². The van der Waals surface area contributed by atoms with E-state index in [1.165, 1.54) is 24.3 Å². The van der Waals surface area contributed by atoms with Crippen LogP contribution in [0.4, 0.5) is 20.2 Å². The molecule has 0 heterocycles. The van der Waals surface area contributed by atoms with Crippen molar-refractivity contribution in [2.75, 3.05) is 11.5 Å². The number of rotatable bonds is 2. The first-order chi connectivity index (χ1) is 8.49. The van der Waals surface area contributed by atoms with Gasteiger partial charge < -0.3 is 11.5 Å². The van der Waals surface area contributed by atoms with Gasteiger partial charge in [0.1, 0.15) is 10.8 Å². The summed E-state index contributed by atoms with van der Waals surface area (Å²) in [5.74, 6) is -1.09. The lowest BCUT2D eigenvalue weighted by atomic mass is 10.3. The van der Waals surface area contributed by atoms with Crippen molar-refractivity contribution in [2.24, 2.45) is 0 Å². The van der Waals surface area contributed by atoms with Crippen LogP contribution in [0.15, 0.2) is 40.1 Å². The van der Waals surface area contributed by atoms with Gasteiger partial charge >= 0.3 is 0 Å². The predicted octanol–water partition coefficient (Wildman–Crippen LogP) is 3.93.